The van der Waals surface area contributed by atoms with E-state index < -0.39 is 16.1 Å². The topological polar surface area (TPSA) is 93.2 Å². The number of carbonyl (C=O) groups is 2. The second-order valence-corrected chi connectivity index (χ2v) is 7.59. The summed E-state index contributed by atoms with van der Waals surface area (Å²) in [6, 6.07) is 6.25. The quantitative estimate of drug-likeness (QED) is 0.746. The summed E-state index contributed by atoms with van der Waals surface area (Å²) in [6.07, 6.45) is -0.659. The van der Waals surface area contributed by atoms with Crippen molar-refractivity contribution in [1.29, 1.82) is 0 Å². The maximum absolute atomic E-state index is 12.5. The molecule has 3 rings (SSSR count). The summed E-state index contributed by atoms with van der Waals surface area (Å²) in [5.41, 5.74) is 0. The first kappa shape index (κ1) is 16.7. The molecule has 0 spiro atoms. The molecule has 2 saturated heterocycles. The number of hydrogen-bond donors (Lipinski definition) is 0. The lowest BCUT2D eigenvalue weighted by molar-refractivity contribution is -0.126. The largest absolute Gasteiger partial charge is 0.494 e. The van der Waals surface area contributed by atoms with Gasteiger partial charge in [-0.05, 0) is 31.2 Å². The van der Waals surface area contributed by atoms with E-state index >= 15 is 0 Å². The van der Waals surface area contributed by atoms with Gasteiger partial charge in [0.1, 0.15) is 5.75 Å². The standard InChI is InChI=1S/C15H18N2O6S/c1-2-22-12-3-5-13(6-4-12)24(20,21)16-7-11(8-16)9-17-14(18)10-23-15(17)19/h3-6,11H,2,7-10H2,1H3. The lowest BCUT2D eigenvalue weighted by atomic mass is 10.0. The van der Waals surface area contributed by atoms with Crippen molar-refractivity contribution in [1.82, 2.24) is 9.21 Å². The maximum atomic E-state index is 12.5. The van der Waals surface area contributed by atoms with E-state index in [1.165, 1.54) is 16.4 Å². The molecule has 2 aliphatic rings. The van der Waals surface area contributed by atoms with Gasteiger partial charge in [-0.1, -0.05) is 0 Å². The predicted octanol–water partition coefficient (Wildman–Crippen LogP) is 0.685. The van der Waals surface area contributed by atoms with Gasteiger partial charge in [0.2, 0.25) is 10.0 Å². The van der Waals surface area contributed by atoms with Gasteiger partial charge >= 0.3 is 6.09 Å². The third-order valence-corrected chi connectivity index (χ3v) is 5.82. The monoisotopic (exact) mass is 354 g/mol. The number of amides is 2. The average molecular weight is 354 g/mol. The number of nitrogens with zero attached hydrogens (tertiary/aromatic N) is 2. The number of rotatable bonds is 6. The lowest BCUT2D eigenvalue weighted by Crippen LogP contribution is -2.54. The molecule has 0 N–H and O–H groups in total. The van der Waals surface area contributed by atoms with Crippen molar-refractivity contribution in [3.63, 3.8) is 0 Å². The Hall–Kier alpha value is -2.13. The molecule has 0 aromatic heterocycles. The molecule has 2 amide bonds. The first-order chi connectivity index (χ1) is 11.4. The van der Waals surface area contributed by atoms with Crippen LogP contribution in [0.2, 0.25) is 0 Å². The molecule has 0 unspecified atom stereocenters. The highest BCUT2D eigenvalue weighted by Gasteiger charge is 2.41. The number of hydrogen-bond acceptors (Lipinski definition) is 6. The summed E-state index contributed by atoms with van der Waals surface area (Å²) in [7, 11) is -3.57. The van der Waals surface area contributed by atoms with Crippen molar-refractivity contribution in [2.24, 2.45) is 5.92 Å². The van der Waals surface area contributed by atoms with E-state index in [1.807, 2.05) is 6.92 Å². The Kier molecular flexibility index (Phi) is 4.46. The molecule has 2 aliphatic heterocycles. The highest BCUT2D eigenvalue weighted by atomic mass is 32.2. The van der Waals surface area contributed by atoms with Gasteiger partial charge in [-0.3, -0.25) is 4.79 Å². The molecular weight excluding hydrogens is 336 g/mol. The van der Waals surface area contributed by atoms with Crippen LogP contribution in [0.1, 0.15) is 6.92 Å². The first-order valence-electron chi connectivity index (χ1n) is 7.62. The third kappa shape index (κ3) is 3.09. The Balaban J connectivity index is 1.59. The number of imide groups is 1. The van der Waals surface area contributed by atoms with Crippen molar-refractivity contribution in [3.05, 3.63) is 24.3 Å². The number of benzene rings is 1. The van der Waals surface area contributed by atoms with Crippen LogP contribution in [0.3, 0.4) is 0 Å². The highest BCUT2D eigenvalue weighted by molar-refractivity contribution is 7.89. The van der Waals surface area contributed by atoms with E-state index in [9.17, 15) is 18.0 Å². The van der Waals surface area contributed by atoms with Crippen LogP contribution < -0.4 is 4.74 Å². The molecule has 130 valence electrons. The third-order valence-electron chi connectivity index (χ3n) is 3.98. The summed E-state index contributed by atoms with van der Waals surface area (Å²) in [5.74, 6) is 0.161. The van der Waals surface area contributed by atoms with Crippen LogP contribution in [0.4, 0.5) is 4.79 Å². The van der Waals surface area contributed by atoms with E-state index in [0.29, 0.717) is 12.4 Å². The summed E-state index contributed by atoms with van der Waals surface area (Å²) in [4.78, 5) is 24.1. The molecule has 0 radical (unpaired) electrons. The summed E-state index contributed by atoms with van der Waals surface area (Å²) < 4.78 is 36.3. The lowest BCUT2D eigenvalue weighted by Gasteiger charge is -2.39. The molecule has 24 heavy (non-hydrogen) atoms. The molecule has 8 nitrogen and oxygen atoms in total. The number of sulfonamides is 1. The summed E-state index contributed by atoms with van der Waals surface area (Å²) in [6.45, 7) is 2.86. The van der Waals surface area contributed by atoms with E-state index in [2.05, 4.69) is 4.74 Å². The van der Waals surface area contributed by atoms with E-state index in [4.69, 9.17) is 4.74 Å². The fraction of sp³-hybridized carbons (Fsp3) is 0.467. The Morgan fingerprint density at radius 1 is 1.21 bits per heavy atom. The molecule has 1 aromatic rings. The second-order valence-electron chi connectivity index (χ2n) is 5.65. The maximum Gasteiger partial charge on any atom is 0.417 e. The molecule has 2 fully saturated rings. The Morgan fingerprint density at radius 2 is 1.88 bits per heavy atom. The zero-order valence-electron chi connectivity index (χ0n) is 13.2. The molecule has 9 heteroatoms. The van der Waals surface area contributed by atoms with Gasteiger partial charge in [0.15, 0.2) is 6.61 Å². The molecule has 0 atom stereocenters. The van der Waals surface area contributed by atoms with Gasteiger partial charge in [0.25, 0.3) is 5.91 Å². The molecule has 2 heterocycles. The van der Waals surface area contributed by atoms with E-state index in [-0.39, 0.29) is 43.0 Å². The number of ether oxygens (including phenoxy) is 2. The molecule has 0 aliphatic carbocycles. The fourth-order valence-electron chi connectivity index (χ4n) is 2.67. The molecular formula is C15H18N2O6S. The normalized spacial score (nSPS) is 19.3. The molecule has 0 saturated carbocycles. The van der Waals surface area contributed by atoms with Gasteiger partial charge in [0.05, 0.1) is 11.5 Å². The highest BCUT2D eigenvalue weighted by Crippen LogP contribution is 2.27. The van der Waals surface area contributed by atoms with Gasteiger partial charge in [-0.25, -0.2) is 18.1 Å². The Labute approximate surface area is 140 Å². The minimum atomic E-state index is -3.57. The zero-order valence-corrected chi connectivity index (χ0v) is 14.0. The van der Waals surface area contributed by atoms with Gasteiger partial charge in [-0.15, -0.1) is 0 Å². The fourth-order valence-corrected chi connectivity index (χ4v) is 4.27. The first-order valence-corrected chi connectivity index (χ1v) is 9.06. The van der Waals surface area contributed by atoms with Crippen LogP contribution in [0.25, 0.3) is 0 Å². The van der Waals surface area contributed by atoms with Crippen molar-refractivity contribution < 1.29 is 27.5 Å². The van der Waals surface area contributed by atoms with E-state index in [1.54, 1.807) is 12.1 Å². The Bertz CT molecular complexity index is 724. The van der Waals surface area contributed by atoms with Crippen LogP contribution in [-0.2, 0) is 19.6 Å². The SMILES string of the molecule is CCOc1ccc(S(=O)(=O)N2CC(CN3C(=O)COC3=O)C2)cc1. The van der Waals surface area contributed by atoms with Crippen molar-refractivity contribution in [3.8, 4) is 5.75 Å². The molecule has 0 bridgehead atoms. The Morgan fingerprint density at radius 3 is 2.42 bits per heavy atom. The van der Waals surface area contributed by atoms with E-state index in [0.717, 1.165) is 4.90 Å². The predicted molar refractivity (Wildman–Crippen MR) is 82.9 cm³/mol. The van der Waals surface area contributed by atoms with Crippen molar-refractivity contribution in [2.75, 3.05) is 32.8 Å². The number of cyclic esters (lactones) is 1. The summed E-state index contributed by atoms with van der Waals surface area (Å²) >= 11 is 0. The van der Waals surface area contributed by atoms with Crippen LogP contribution in [0, 0.1) is 5.92 Å². The van der Waals surface area contributed by atoms with Crippen molar-refractivity contribution >= 4 is 22.0 Å². The molecule has 1 aromatic carbocycles. The minimum Gasteiger partial charge on any atom is -0.494 e. The number of carbonyl (C=O) groups excluding carboxylic acids is 2. The van der Waals surface area contributed by atoms with Crippen LogP contribution >= 0.6 is 0 Å². The second kappa shape index (κ2) is 6.40. The van der Waals surface area contributed by atoms with Crippen LogP contribution in [0.15, 0.2) is 29.2 Å². The van der Waals surface area contributed by atoms with Gasteiger partial charge in [0, 0.05) is 25.6 Å². The van der Waals surface area contributed by atoms with Crippen LogP contribution in [-0.4, -0.2) is 62.5 Å². The zero-order chi connectivity index (χ0) is 17.3. The smallest absolute Gasteiger partial charge is 0.417 e. The van der Waals surface area contributed by atoms with Crippen molar-refractivity contribution in [2.45, 2.75) is 11.8 Å². The van der Waals surface area contributed by atoms with Crippen LogP contribution in [0.5, 0.6) is 5.75 Å². The summed E-state index contributed by atoms with van der Waals surface area (Å²) in [5, 5.41) is 0. The van der Waals surface area contributed by atoms with Gasteiger partial charge in [-0.2, -0.15) is 4.31 Å². The average Bonchev–Trinajstić information content (AvgIpc) is 2.82. The minimum absolute atomic E-state index is 0.0722. The van der Waals surface area contributed by atoms with Gasteiger partial charge < -0.3 is 9.47 Å².